The summed E-state index contributed by atoms with van der Waals surface area (Å²) in [4.78, 5) is 28.2. The Hall–Kier alpha value is -2.02. The van der Waals surface area contributed by atoms with Crippen LogP contribution < -0.4 is 5.32 Å². The van der Waals surface area contributed by atoms with Gasteiger partial charge in [0.1, 0.15) is 6.26 Å². The highest BCUT2D eigenvalue weighted by molar-refractivity contribution is 5.93. The van der Waals surface area contributed by atoms with Gasteiger partial charge in [0.05, 0.1) is 17.9 Å². The number of carbonyl (C=O) groups excluding carboxylic acids is 2. The van der Waals surface area contributed by atoms with Crippen LogP contribution in [0.5, 0.6) is 0 Å². The Morgan fingerprint density at radius 1 is 1.25 bits per heavy atom. The molecule has 1 atom stereocenters. The molecule has 1 fully saturated rings. The van der Waals surface area contributed by atoms with Gasteiger partial charge in [-0.05, 0) is 25.8 Å². The topological polar surface area (TPSA) is 75.0 Å². The van der Waals surface area contributed by atoms with Crippen molar-refractivity contribution in [3.63, 3.8) is 0 Å². The zero-order chi connectivity index (χ0) is 17.4. The summed E-state index contributed by atoms with van der Waals surface area (Å²) < 4.78 is 10.5. The van der Waals surface area contributed by atoms with Gasteiger partial charge in [0, 0.05) is 39.3 Å². The van der Waals surface area contributed by atoms with Crippen molar-refractivity contribution in [2.45, 2.75) is 32.8 Å². The lowest BCUT2D eigenvalue weighted by Crippen LogP contribution is -2.45. The molecule has 0 unspecified atom stereocenters. The van der Waals surface area contributed by atoms with Crippen LogP contribution in [-0.2, 0) is 4.74 Å². The van der Waals surface area contributed by atoms with Crippen LogP contribution in [0, 0.1) is 0 Å². The van der Waals surface area contributed by atoms with Gasteiger partial charge in [-0.2, -0.15) is 0 Å². The van der Waals surface area contributed by atoms with E-state index < -0.39 is 0 Å². The molecule has 1 aromatic rings. The van der Waals surface area contributed by atoms with E-state index >= 15 is 0 Å². The van der Waals surface area contributed by atoms with Crippen molar-refractivity contribution < 1.29 is 18.7 Å². The Morgan fingerprint density at radius 2 is 2.00 bits per heavy atom. The third-order valence-electron chi connectivity index (χ3n) is 4.18. The summed E-state index contributed by atoms with van der Waals surface area (Å²) in [5.74, 6) is -0.0478. The minimum atomic E-state index is -0.0919. The van der Waals surface area contributed by atoms with Crippen molar-refractivity contribution in [1.82, 2.24) is 15.1 Å². The predicted molar refractivity (Wildman–Crippen MR) is 89.9 cm³/mol. The Kier molecular flexibility index (Phi) is 7.11. The predicted octanol–water partition coefficient (Wildman–Crippen LogP) is 1.95. The third kappa shape index (κ3) is 4.99. The van der Waals surface area contributed by atoms with Gasteiger partial charge in [-0.25, -0.2) is 4.79 Å². The molecule has 0 aromatic carbocycles. The maximum atomic E-state index is 12.3. The lowest BCUT2D eigenvalue weighted by atomic mass is 10.3. The van der Waals surface area contributed by atoms with Crippen LogP contribution in [-0.4, -0.2) is 67.2 Å². The van der Waals surface area contributed by atoms with E-state index in [1.54, 1.807) is 15.9 Å². The highest BCUT2D eigenvalue weighted by atomic mass is 16.5. The summed E-state index contributed by atoms with van der Waals surface area (Å²) in [5.41, 5.74) is 0.551. The van der Waals surface area contributed by atoms with Gasteiger partial charge in [-0.1, -0.05) is 6.92 Å². The average molecular weight is 337 g/mol. The maximum Gasteiger partial charge on any atom is 0.317 e. The van der Waals surface area contributed by atoms with Crippen LogP contribution in [0.3, 0.4) is 0 Å². The van der Waals surface area contributed by atoms with Crippen LogP contribution in [0.4, 0.5) is 4.79 Å². The minimum absolute atomic E-state index is 0.0464. The lowest BCUT2D eigenvalue weighted by molar-refractivity contribution is 0.0606. The second kappa shape index (κ2) is 9.32. The molecule has 1 saturated heterocycles. The molecular formula is C17H27N3O4. The molecule has 0 aliphatic carbocycles. The first-order chi connectivity index (χ1) is 11.7. The second-order valence-electron chi connectivity index (χ2n) is 5.82. The van der Waals surface area contributed by atoms with Gasteiger partial charge in [0.2, 0.25) is 0 Å². The molecule has 0 radical (unpaired) electrons. The number of urea groups is 1. The number of amides is 3. The van der Waals surface area contributed by atoms with E-state index in [9.17, 15) is 9.59 Å². The fraction of sp³-hybridized carbons (Fsp3) is 0.647. The number of nitrogens with one attached hydrogen (secondary N) is 1. The molecule has 2 heterocycles. The second-order valence-corrected chi connectivity index (χ2v) is 5.82. The summed E-state index contributed by atoms with van der Waals surface area (Å²) in [6.45, 7) is 7.49. The van der Waals surface area contributed by atoms with Crippen molar-refractivity contribution in [2.24, 2.45) is 0 Å². The van der Waals surface area contributed by atoms with Gasteiger partial charge >= 0.3 is 6.03 Å². The first-order valence-electron chi connectivity index (χ1n) is 8.61. The van der Waals surface area contributed by atoms with Gasteiger partial charge < -0.3 is 24.3 Å². The smallest absolute Gasteiger partial charge is 0.317 e. The van der Waals surface area contributed by atoms with E-state index in [0.29, 0.717) is 44.9 Å². The molecule has 2 rings (SSSR count). The number of nitrogens with zero attached hydrogens (tertiary/aromatic N) is 2. The highest BCUT2D eigenvalue weighted by Crippen LogP contribution is 2.10. The maximum absolute atomic E-state index is 12.3. The number of furan rings is 1. The molecule has 1 aliphatic rings. The molecule has 1 aromatic heterocycles. The summed E-state index contributed by atoms with van der Waals surface area (Å²) in [5, 5.41) is 2.93. The lowest BCUT2D eigenvalue weighted by Gasteiger charge is -2.23. The van der Waals surface area contributed by atoms with E-state index in [0.717, 1.165) is 12.8 Å². The van der Waals surface area contributed by atoms with E-state index in [-0.39, 0.29) is 18.0 Å². The Morgan fingerprint density at radius 3 is 2.67 bits per heavy atom. The van der Waals surface area contributed by atoms with Crippen LogP contribution in [0.25, 0.3) is 0 Å². The summed E-state index contributed by atoms with van der Waals surface area (Å²) in [6.07, 6.45) is 4.62. The number of ether oxygens (including phenoxy) is 1. The fourth-order valence-corrected chi connectivity index (χ4v) is 2.76. The molecule has 1 N–H and O–H groups in total. The molecule has 24 heavy (non-hydrogen) atoms. The normalized spacial score (nSPS) is 16.6. The van der Waals surface area contributed by atoms with Crippen LogP contribution in [0.2, 0.25) is 0 Å². The molecule has 7 nitrogen and oxygen atoms in total. The molecule has 0 saturated carbocycles. The number of hydrogen-bond acceptors (Lipinski definition) is 4. The first-order valence-corrected chi connectivity index (χ1v) is 8.61. The Bertz CT molecular complexity index is 518. The van der Waals surface area contributed by atoms with Crippen LogP contribution in [0.1, 0.15) is 37.0 Å². The quantitative estimate of drug-likeness (QED) is 0.861. The van der Waals surface area contributed by atoms with Crippen molar-refractivity contribution in [3.05, 3.63) is 24.2 Å². The largest absolute Gasteiger partial charge is 0.472 e. The molecular weight excluding hydrogens is 310 g/mol. The Balaban J connectivity index is 1.81. The monoisotopic (exact) mass is 337 g/mol. The fourth-order valence-electron chi connectivity index (χ4n) is 2.76. The number of carbonyl (C=O) groups is 2. The SMILES string of the molecule is CCO[C@@H](CC)CNC(=O)N1CCCN(C(=O)c2ccoc2)CC1. The van der Waals surface area contributed by atoms with E-state index in [1.165, 1.54) is 12.5 Å². The van der Waals surface area contributed by atoms with E-state index in [2.05, 4.69) is 5.32 Å². The van der Waals surface area contributed by atoms with Crippen LogP contribution >= 0.6 is 0 Å². The molecule has 3 amide bonds. The summed E-state index contributed by atoms with van der Waals surface area (Å²) in [7, 11) is 0. The molecule has 0 spiro atoms. The number of rotatable bonds is 6. The molecule has 7 heteroatoms. The molecule has 134 valence electrons. The average Bonchev–Trinajstić information content (AvgIpc) is 3.02. The zero-order valence-corrected chi connectivity index (χ0v) is 14.5. The van der Waals surface area contributed by atoms with Crippen molar-refractivity contribution in [3.8, 4) is 0 Å². The van der Waals surface area contributed by atoms with Crippen molar-refractivity contribution in [2.75, 3.05) is 39.3 Å². The van der Waals surface area contributed by atoms with Crippen LogP contribution in [0.15, 0.2) is 23.0 Å². The zero-order valence-electron chi connectivity index (χ0n) is 14.5. The van der Waals surface area contributed by atoms with Gasteiger partial charge in [-0.15, -0.1) is 0 Å². The Labute approximate surface area is 142 Å². The minimum Gasteiger partial charge on any atom is -0.472 e. The van der Waals surface area contributed by atoms with E-state index in [4.69, 9.17) is 9.15 Å². The standard InChI is InChI=1S/C17H27N3O4/c1-3-15(24-4-2)12-18-17(22)20-8-5-7-19(9-10-20)16(21)14-6-11-23-13-14/h6,11,13,15H,3-5,7-10,12H2,1-2H3,(H,18,22)/t15-/m0/s1. The molecule has 0 bridgehead atoms. The molecule has 1 aliphatic heterocycles. The van der Waals surface area contributed by atoms with Crippen molar-refractivity contribution in [1.29, 1.82) is 0 Å². The first kappa shape index (κ1) is 18.3. The van der Waals surface area contributed by atoms with E-state index in [1.807, 2.05) is 13.8 Å². The number of hydrogen-bond donors (Lipinski definition) is 1. The van der Waals surface area contributed by atoms with Gasteiger partial charge in [-0.3, -0.25) is 4.79 Å². The summed E-state index contributed by atoms with van der Waals surface area (Å²) >= 11 is 0. The van der Waals surface area contributed by atoms with Gasteiger partial charge in [0.15, 0.2) is 0 Å². The van der Waals surface area contributed by atoms with Crippen molar-refractivity contribution >= 4 is 11.9 Å². The summed E-state index contributed by atoms with van der Waals surface area (Å²) in [6, 6.07) is 1.57. The third-order valence-corrected chi connectivity index (χ3v) is 4.18. The highest BCUT2D eigenvalue weighted by Gasteiger charge is 2.23. The van der Waals surface area contributed by atoms with Gasteiger partial charge in [0.25, 0.3) is 5.91 Å².